The van der Waals surface area contributed by atoms with Crippen LogP contribution in [0.15, 0.2) is 53.7 Å². The summed E-state index contributed by atoms with van der Waals surface area (Å²) in [4.78, 5) is 48.5. The van der Waals surface area contributed by atoms with Crippen molar-refractivity contribution in [2.45, 2.75) is 51.4 Å². The minimum atomic E-state index is -1.43. The average Bonchev–Trinajstić information content (AvgIpc) is 3.27. The summed E-state index contributed by atoms with van der Waals surface area (Å²) in [6.07, 6.45) is 1.42. The van der Waals surface area contributed by atoms with Gasteiger partial charge in [0.05, 0.1) is 25.2 Å². The smallest absolute Gasteiger partial charge is 0.270 e. The first-order valence-corrected chi connectivity index (χ1v) is 11.8. The van der Waals surface area contributed by atoms with Crippen LogP contribution in [0.3, 0.4) is 0 Å². The highest BCUT2D eigenvalue weighted by Gasteiger charge is 2.42. The summed E-state index contributed by atoms with van der Waals surface area (Å²) in [7, 11) is 0. The quantitative estimate of drug-likeness (QED) is 0.288. The summed E-state index contributed by atoms with van der Waals surface area (Å²) in [5, 5.41) is 10.8. The Bertz CT molecular complexity index is 1110. The Kier molecular flexibility index (Phi) is 9.69. The Morgan fingerprint density at radius 3 is 2.69 bits per heavy atom. The Morgan fingerprint density at radius 1 is 1.28 bits per heavy atom. The van der Waals surface area contributed by atoms with Gasteiger partial charge in [-0.15, -0.1) is 0 Å². The fourth-order valence-corrected chi connectivity index (χ4v) is 4.05. The fourth-order valence-electron chi connectivity index (χ4n) is 4.05. The van der Waals surface area contributed by atoms with Crippen molar-refractivity contribution < 1.29 is 33.2 Å². The van der Waals surface area contributed by atoms with Gasteiger partial charge in [0.1, 0.15) is 24.6 Å². The predicted molar refractivity (Wildman–Crippen MR) is 124 cm³/mol. The third-order valence-electron chi connectivity index (χ3n) is 5.93. The van der Waals surface area contributed by atoms with E-state index in [0.717, 1.165) is 40.3 Å². The minimum absolute atomic E-state index is 0.0602. The maximum atomic E-state index is 14.4. The molecule has 1 aliphatic rings. The van der Waals surface area contributed by atoms with E-state index in [0.29, 0.717) is 24.0 Å². The number of aromatic nitrogens is 1. The summed E-state index contributed by atoms with van der Waals surface area (Å²) < 4.78 is 28.0. The number of hydrogen-bond donors (Lipinski definition) is 1. The fraction of sp³-hybridized carbons (Fsp3) is 0.440. The van der Waals surface area contributed by atoms with Crippen LogP contribution in [0, 0.1) is 11.7 Å². The Hall–Kier alpha value is -3.60. The molecule has 0 bridgehead atoms. The maximum absolute atomic E-state index is 14.4. The zero-order valence-electron chi connectivity index (χ0n) is 20.0. The van der Waals surface area contributed by atoms with Crippen molar-refractivity contribution in [3.8, 4) is 0 Å². The molecule has 9 nitrogen and oxygen atoms in total. The number of amides is 3. The van der Waals surface area contributed by atoms with Crippen molar-refractivity contribution in [1.82, 2.24) is 14.7 Å². The monoisotopic (exact) mass is 504 g/mol. The molecule has 0 radical (unpaired) electrons. The highest BCUT2D eigenvalue weighted by atomic mass is 19.1. The van der Waals surface area contributed by atoms with Crippen molar-refractivity contribution in [2.75, 3.05) is 13.1 Å². The van der Waals surface area contributed by atoms with E-state index in [2.05, 4.69) is 4.99 Å². The SMILES string of the molecule is CCCC[C@H](CN(C=O)OCc1ccccc1)C(=O)N1C[C@H](F)C[C@H]1C(=O)N=c1ccc(F)cn1O. The van der Waals surface area contributed by atoms with Gasteiger partial charge in [-0.05, 0) is 24.1 Å². The molecule has 2 heterocycles. The summed E-state index contributed by atoms with van der Waals surface area (Å²) >= 11 is 0. The van der Waals surface area contributed by atoms with Crippen LogP contribution in [-0.4, -0.2) is 63.4 Å². The van der Waals surface area contributed by atoms with Gasteiger partial charge in [0.25, 0.3) is 5.91 Å². The largest absolute Gasteiger partial charge is 0.427 e. The van der Waals surface area contributed by atoms with Gasteiger partial charge in [-0.3, -0.25) is 19.2 Å². The lowest BCUT2D eigenvalue weighted by Crippen LogP contribution is -2.46. The lowest BCUT2D eigenvalue weighted by atomic mass is 9.99. The van der Waals surface area contributed by atoms with Gasteiger partial charge in [-0.25, -0.2) is 13.8 Å². The number of hydrogen-bond acceptors (Lipinski definition) is 5. The van der Waals surface area contributed by atoms with Gasteiger partial charge in [-0.1, -0.05) is 50.1 Å². The molecule has 1 fully saturated rings. The lowest BCUT2D eigenvalue weighted by Gasteiger charge is -2.29. The predicted octanol–water partition coefficient (Wildman–Crippen LogP) is 2.63. The molecule has 3 atom stereocenters. The molecule has 0 aliphatic carbocycles. The van der Waals surface area contributed by atoms with E-state index in [4.69, 9.17) is 4.84 Å². The molecule has 1 aromatic heterocycles. The molecular weight excluding hydrogens is 474 g/mol. The van der Waals surface area contributed by atoms with E-state index in [1.165, 1.54) is 0 Å². The van der Waals surface area contributed by atoms with Gasteiger partial charge in [0, 0.05) is 6.42 Å². The van der Waals surface area contributed by atoms with Gasteiger partial charge >= 0.3 is 0 Å². The van der Waals surface area contributed by atoms with Crippen molar-refractivity contribution in [3.63, 3.8) is 0 Å². The summed E-state index contributed by atoms with van der Waals surface area (Å²) in [6, 6.07) is 10.1. The molecule has 0 spiro atoms. The van der Waals surface area contributed by atoms with Crippen LogP contribution in [0.25, 0.3) is 0 Å². The third-order valence-corrected chi connectivity index (χ3v) is 5.93. The second kappa shape index (κ2) is 12.9. The number of alkyl halides is 1. The Labute approximate surface area is 207 Å². The highest BCUT2D eigenvalue weighted by molar-refractivity contribution is 5.90. The average molecular weight is 505 g/mol. The highest BCUT2D eigenvalue weighted by Crippen LogP contribution is 2.26. The molecule has 1 N–H and O–H groups in total. The number of unbranched alkanes of at least 4 members (excludes halogenated alkanes) is 1. The molecule has 1 saturated heterocycles. The molecule has 1 aliphatic heterocycles. The van der Waals surface area contributed by atoms with Crippen molar-refractivity contribution in [3.05, 3.63) is 65.5 Å². The Balaban J connectivity index is 1.76. The first-order chi connectivity index (χ1) is 17.3. The zero-order valence-corrected chi connectivity index (χ0v) is 20.0. The van der Waals surface area contributed by atoms with E-state index in [9.17, 15) is 28.4 Å². The number of nitrogens with zero attached hydrogens (tertiary/aromatic N) is 4. The number of hydroxylamine groups is 2. The van der Waals surface area contributed by atoms with Crippen LogP contribution in [0.4, 0.5) is 8.78 Å². The molecule has 11 heteroatoms. The van der Waals surface area contributed by atoms with Crippen LogP contribution in [0.1, 0.15) is 38.2 Å². The summed E-state index contributed by atoms with van der Waals surface area (Å²) in [6.45, 7) is 1.73. The zero-order chi connectivity index (χ0) is 26.1. The molecule has 0 unspecified atom stereocenters. The van der Waals surface area contributed by atoms with Crippen molar-refractivity contribution >= 4 is 18.2 Å². The number of likely N-dealkylation sites (tertiary alicyclic amines) is 1. The van der Waals surface area contributed by atoms with E-state index in [-0.39, 0.29) is 31.6 Å². The standard InChI is InChI=1S/C25H30F2N4O5/c1-2-3-9-19(13-29(17-32)36-16-18-7-5-4-6-8-18)25(34)30-14-21(27)12-22(30)24(33)28-23-11-10-20(26)15-31(23)35/h4-8,10-11,15,17,19,21-22,35H,2-3,9,12-14,16H2,1H3/t19-,21-,22+/m1/s1. The molecular formula is C25H30F2N4O5. The Morgan fingerprint density at radius 2 is 2.03 bits per heavy atom. The van der Waals surface area contributed by atoms with Gasteiger partial charge in [0.15, 0.2) is 5.49 Å². The summed E-state index contributed by atoms with van der Waals surface area (Å²) in [5.41, 5.74) is 0.592. The molecule has 3 amide bonds. The van der Waals surface area contributed by atoms with E-state index in [1.807, 2.05) is 37.3 Å². The first kappa shape index (κ1) is 27.0. The number of carbonyl (C=O) groups excluding carboxylic acids is 3. The second-order valence-electron chi connectivity index (χ2n) is 8.64. The molecule has 0 saturated carbocycles. The van der Waals surface area contributed by atoms with Gasteiger partial charge in [0.2, 0.25) is 12.3 Å². The molecule has 3 rings (SSSR count). The number of halogens is 2. The molecule has 1 aromatic carbocycles. The minimum Gasteiger partial charge on any atom is -0.427 e. The van der Waals surface area contributed by atoms with Crippen LogP contribution in [0.2, 0.25) is 0 Å². The van der Waals surface area contributed by atoms with Crippen LogP contribution < -0.4 is 5.49 Å². The van der Waals surface area contributed by atoms with E-state index < -0.39 is 35.8 Å². The molecule has 36 heavy (non-hydrogen) atoms. The van der Waals surface area contributed by atoms with Gasteiger partial charge < -0.3 is 10.1 Å². The normalized spacial score (nSPS) is 18.8. The van der Waals surface area contributed by atoms with Crippen molar-refractivity contribution in [1.29, 1.82) is 0 Å². The number of pyridine rings is 1. The number of rotatable bonds is 11. The van der Waals surface area contributed by atoms with Gasteiger partial charge in [-0.2, -0.15) is 9.72 Å². The van der Waals surface area contributed by atoms with Crippen LogP contribution in [0.5, 0.6) is 0 Å². The first-order valence-electron chi connectivity index (χ1n) is 11.8. The topological polar surface area (TPSA) is 104 Å². The second-order valence-corrected chi connectivity index (χ2v) is 8.64. The van der Waals surface area contributed by atoms with Crippen LogP contribution in [-0.2, 0) is 25.8 Å². The number of carbonyl (C=O) groups is 3. The van der Waals surface area contributed by atoms with E-state index in [1.54, 1.807) is 0 Å². The maximum Gasteiger partial charge on any atom is 0.270 e. The molecule has 194 valence electrons. The molecule has 2 aromatic rings. The third kappa shape index (κ3) is 7.20. The summed E-state index contributed by atoms with van der Waals surface area (Å²) in [5.74, 6) is -2.78. The van der Waals surface area contributed by atoms with Crippen molar-refractivity contribution in [2.24, 2.45) is 10.9 Å². The van der Waals surface area contributed by atoms with E-state index >= 15 is 0 Å². The lowest BCUT2D eigenvalue weighted by molar-refractivity contribution is -0.183. The van der Waals surface area contributed by atoms with Crippen LogP contribution >= 0.6 is 0 Å². The number of benzene rings is 1.